The fraction of sp³-hybridized carbons (Fsp3) is 0.296. The fourth-order valence-corrected chi connectivity index (χ4v) is 4.15. The highest BCUT2D eigenvalue weighted by atomic mass is 19.1. The lowest BCUT2D eigenvalue weighted by molar-refractivity contribution is -0.142. The molecule has 1 saturated heterocycles. The number of halogens is 1. The van der Waals surface area contributed by atoms with E-state index in [1.807, 2.05) is 42.5 Å². The number of hydrogen-bond acceptors (Lipinski definition) is 4. The highest BCUT2D eigenvalue weighted by Crippen LogP contribution is 2.37. The summed E-state index contributed by atoms with van der Waals surface area (Å²) in [5.74, 6) is 0.544. The molecular formula is C27H25FO4. The van der Waals surface area contributed by atoms with Gasteiger partial charge in [-0.25, -0.2) is 4.39 Å². The zero-order valence-electron chi connectivity index (χ0n) is 17.7. The van der Waals surface area contributed by atoms with Gasteiger partial charge in [0.1, 0.15) is 17.0 Å². The maximum absolute atomic E-state index is 13.2. The van der Waals surface area contributed by atoms with Crippen LogP contribution in [0.1, 0.15) is 29.5 Å². The largest absolute Gasteiger partial charge is 0.490 e. The summed E-state index contributed by atoms with van der Waals surface area (Å²) in [7, 11) is 0. The van der Waals surface area contributed by atoms with Crippen molar-refractivity contribution in [2.45, 2.75) is 37.4 Å². The van der Waals surface area contributed by atoms with Crippen LogP contribution in [-0.2, 0) is 28.0 Å². The first-order chi connectivity index (χ1) is 15.6. The predicted molar refractivity (Wildman–Crippen MR) is 119 cm³/mol. The van der Waals surface area contributed by atoms with Crippen LogP contribution >= 0.6 is 0 Å². The van der Waals surface area contributed by atoms with Crippen LogP contribution in [0.5, 0.6) is 5.75 Å². The minimum Gasteiger partial charge on any atom is -0.490 e. The van der Waals surface area contributed by atoms with Crippen molar-refractivity contribution in [2.75, 3.05) is 13.2 Å². The SMILES string of the molecule is O=C(Cc1ccc(F)cc1)C1(c2ccc(-c3ccc(OC4CC4)cc3CO)cc2)COC1. The Balaban J connectivity index is 1.37. The van der Waals surface area contributed by atoms with E-state index in [-0.39, 0.29) is 24.6 Å². The molecule has 0 radical (unpaired) electrons. The fourth-order valence-electron chi connectivity index (χ4n) is 4.15. The van der Waals surface area contributed by atoms with E-state index in [2.05, 4.69) is 0 Å². The van der Waals surface area contributed by atoms with E-state index in [0.717, 1.165) is 46.4 Å². The molecule has 0 atom stereocenters. The van der Waals surface area contributed by atoms with Crippen LogP contribution in [0, 0.1) is 5.82 Å². The van der Waals surface area contributed by atoms with Gasteiger partial charge < -0.3 is 14.6 Å². The Morgan fingerprint density at radius 2 is 1.75 bits per heavy atom. The Bertz CT molecular complexity index is 1110. The van der Waals surface area contributed by atoms with Gasteiger partial charge in [-0.1, -0.05) is 42.5 Å². The second-order valence-electron chi connectivity index (χ2n) is 8.67. The van der Waals surface area contributed by atoms with Gasteiger partial charge in [-0.15, -0.1) is 0 Å². The average molecular weight is 432 g/mol. The van der Waals surface area contributed by atoms with Crippen molar-refractivity contribution in [1.29, 1.82) is 0 Å². The number of rotatable bonds is 8. The van der Waals surface area contributed by atoms with Crippen molar-refractivity contribution in [1.82, 2.24) is 0 Å². The normalized spacial score (nSPS) is 16.9. The van der Waals surface area contributed by atoms with Gasteiger partial charge in [-0.05, 0) is 64.9 Å². The predicted octanol–water partition coefficient (Wildman–Crippen LogP) is 4.61. The highest BCUT2D eigenvalue weighted by molar-refractivity contribution is 5.93. The summed E-state index contributed by atoms with van der Waals surface area (Å²) in [5, 5.41) is 9.87. The van der Waals surface area contributed by atoms with Crippen LogP contribution < -0.4 is 4.74 Å². The summed E-state index contributed by atoms with van der Waals surface area (Å²) in [4.78, 5) is 13.2. The van der Waals surface area contributed by atoms with E-state index in [9.17, 15) is 14.3 Å². The molecule has 0 bridgehead atoms. The Labute approximate surface area is 186 Å². The molecule has 5 heteroatoms. The summed E-state index contributed by atoms with van der Waals surface area (Å²) in [5.41, 5.74) is 3.76. The lowest BCUT2D eigenvalue weighted by Gasteiger charge is -2.40. The molecule has 3 aromatic rings. The van der Waals surface area contributed by atoms with Gasteiger partial charge in [0, 0.05) is 6.42 Å². The summed E-state index contributed by atoms with van der Waals surface area (Å²) >= 11 is 0. The number of ketones is 1. The smallest absolute Gasteiger partial charge is 0.152 e. The zero-order valence-corrected chi connectivity index (χ0v) is 17.7. The summed E-state index contributed by atoms with van der Waals surface area (Å²) < 4.78 is 24.5. The molecule has 1 N–H and O–H groups in total. The van der Waals surface area contributed by atoms with Gasteiger partial charge in [-0.3, -0.25) is 4.79 Å². The van der Waals surface area contributed by atoms with Crippen LogP contribution in [-0.4, -0.2) is 30.2 Å². The molecule has 0 spiro atoms. The first-order valence-electron chi connectivity index (χ1n) is 10.9. The molecule has 0 unspecified atom stereocenters. The van der Waals surface area contributed by atoms with Gasteiger partial charge in [0.2, 0.25) is 0 Å². The second kappa shape index (κ2) is 8.49. The summed E-state index contributed by atoms with van der Waals surface area (Å²) in [6.07, 6.45) is 2.72. The third-order valence-electron chi connectivity index (χ3n) is 6.33. The third-order valence-corrected chi connectivity index (χ3v) is 6.33. The number of Topliss-reactive ketones (excluding diaryl/α,β-unsaturated/α-hetero) is 1. The first kappa shape index (κ1) is 20.9. The number of aliphatic hydroxyl groups is 1. The number of hydrogen-bond donors (Lipinski definition) is 1. The summed E-state index contributed by atoms with van der Waals surface area (Å²) in [6, 6.07) is 19.8. The Morgan fingerprint density at radius 1 is 1.03 bits per heavy atom. The van der Waals surface area contributed by atoms with E-state index in [0.29, 0.717) is 19.3 Å². The highest BCUT2D eigenvalue weighted by Gasteiger charge is 2.46. The van der Waals surface area contributed by atoms with Crippen molar-refractivity contribution in [3.8, 4) is 16.9 Å². The quantitative estimate of drug-likeness (QED) is 0.565. The molecule has 1 saturated carbocycles. The van der Waals surface area contributed by atoms with Gasteiger partial charge in [0.05, 0.1) is 25.9 Å². The standard InChI is InChI=1S/C27H25FO4/c28-22-7-1-18(2-8-22)13-26(30)27(16-31-17-27)21-5-3-19(4-6-21)25-12-11-24(14-20(25)15-29)32-23-9-10-23/h1-8,11-12,14,23,29H,9-10,13,15-17H2. The van der Waals surface area contributed by atoms with E-state index >= 15 is 0 Å². The molecule has 0 aromatic heterocycles. The van der Waals surface area contributed by atoms with Gasteiger partial charge in [0.15, 0.2) is 5.78 Å². The molecular weight excluding hydrogens is 407 g/mol. The lowest BCUT2D eigenvalue weighted by atomic mass is 9.73. The molecule has 1 aliphatic carbocycles. The molecule has 164 valence electrons. The lowest BCUT2D eigenvalue weighted by Crippen LogP contribution is -2.53. The van der Waals surface area contributed by atoms with Crippen molar-refractivity contribution in [2.24, 2.45) is 0 Å². The molecule has 0 amide bonds. The molecule has 3 aromatic carbocycles. The van der Waals surface area contributed by atoms with E-state index < -0.39 is 5.41 Å². The molecule has 1 aliphatic heterocycles. The minimum absolute atomic E-state index is 0.0701. The Hall–Kier alpha value is -3.02. The molecule has 1 heterocycles. The molecule has 2 aliphatic rings. The van der Waals surface area contributed by atoms with Crippen molar-refractivity contribution >= 4 is 5.78 Å². The van der Waals surface area contributed by atoms with E-state index in [4.69, 9.17) is 9.47 Å². The van der Waals surface area contributed by atoms with E-state index in [1.165, 1.54) is 12.1 Å². The van der Waals surface area contributed by atoms with Gasteiger partial charge in [0.25, 0.3) is 0 Å². The topological polar surface area (TPSA) is 55.8 Å². The van der Waals surface area contributed by atoms with Crippen molar-refractivity contribution in [3.05, 3.63) is 89.2 Å². The van der Waals surface area contributed by atoms with Crippen LogP contribution in [0.3, 0.4) is 0 Å². The minimum atomic E-state index is -0.672. The van der Waals surface area contributed by atoms with E-state index in [1.54, 1.807) is 12.1 Å². The maximum Gasteiger partial charge on any atom is 0.152 e. The molecule has 32 heavy (non-hydrogen) atoms. The molecule has 4 nitrogen and oxygen atoms in total. The number of carbonyl (C=O) groups is 1. The van der Waals surface area contributed by atoms with Crippen LogP contribution in [0.4, 0.5) is 4.39 Å². The Kier molecular flexibility index (Phi) is 5.53. The van der Waals surface area contributed by atoms with Gasteiger partial charge in [-0.2, -0.15) is 0 Å². The second-order valence-corrected chi connectivity index (χ2v) is 8.67. The Morgan fingerprint density at radius 3 is 2.34 bits per heavy atom. The van der Waals surface area contributed by atoms with Crippen LogP contribution in [0.25, 0.3) is 11.1 Å². The van der Waals surface area contributed by atoms with Crippen molar-refractivity contribution in [3.63, 3.8) is 0 Å². The summed E-state index contributed by atoms with van der Waals surface area (Å²) in [6.45, 7) is 0.621. The maximum atomic E-state index is 13.2. The van der Waals surface area contributed by atoms with Gasteiger partial charge >= 0.3 is 0 Å². The number of benzene rings is 3. The van der Waals surface area contributed by atoms with Crippen LogP contribution in [0.2, 0.25) is 0 Å². The van der Waals surface area contributed by atoms with Crippen molar-refractivity contribution < 1.29 is 23.8 Å². The zero-order chi connectivity index (χ0) is 22.1. The number of aliphatic hydroxyl groups excluding tert-OH is 1. The third kappa shape index (κ3) is 4.06. The molecule has 5 rings (SSSR count). The van der Waals surface area contributed by atoms with Crippen LogP contribution in [0.15, 0.2) is 66.7 Å². The first-order valence-corrected chi connectivity index (χ1v) is 10.9. The number of ether oxygens (including phenoxy) is 2. The molecule has 2 fully saturated rings. The number of carbonyl (C=O) groups excluding carboxylic acids is 1. The average Bonchev–Trinajstić information content (AvgIpc) is 3.59. The monoisotopic (exact) mass is 432 g/mol.